The van der Waals surface area contributed by atoms with Gasteiger partial charge in [-0.2, -0.15) is 0 Å². The van der Waals surface area contributed by atoms with Gasteiger partial charge in [-0.15, -0.1) is 0 Å². The number of aromatic nitrogens is 1. The number of pyridine rings is 1. The standard InChI is InChI=1S/C21H19N3O6/c1-12-10-16(15-6-4-5-7-17(15)22-12)21(26)30-13(2)20(25)23-18-11-14(24(27)28)8-9-19(18)29-3/h4-11,13H,1-3H3,(H,23,25)/t13-/m1/s1. The summed E-state index contributed by atoms with van der Waals surface area (Å²) in [6.45, 7) is 3.17. The number of para-hydroxylation sites is 1. The van der Waals surface area contributed by atoms with Crippen LogP contribution in [0.2, 0.25) is 0 Å². The number of ether oxygens (including phenoxy) is 2. The first-order valence-electron chi connectivity index (χ1n) is 9.01. The van der Waals surface area contributed by atoms with E-state index < -0.39 is 22.9 Å². The molecule has 0 radical (unpaired) electrons. The second-order valence-electron chi connectivity index (χ2n) is 6.51. The molecule has 154 valence electrons. The number of esters is 1. The van der Waals surface area contributed by atoms with Gasteiger partial charge >= 0.3 is 5.97 Å². The van der Waals surface area contributed by atoms with Crippen molar-refractivity contribution in [3.05, 3.63) is 69.9 Å². The van der Waals surface area contributed by atoms with Gasteiger partial charge in [-0.1, -0.05) is 18.2 Å². The molecule has 3 rings (SSSR count). The molecule has 0 bridgehead atoms. The van der Waals surface area contributed by atoms with Crippen LogP contribution in [0.5, 0.6) is 5.75 Å². The lowest BCUT2D eigenvalue weighted by Gasteiger charge is -2.16. The molecule has 1 amide bonds. The van der Waals surface area contributed by atoms with Crippen molar-refractivity contribution >= 4 is 34.2 Å². The second-order valence-corrected chi connectivity index (χ2v) is 6.51. The molecule has 9 heteroatoms. The summed E-state index contributed by atoms with van der Waals surface area (Å²) in [4.78, 5) is 40.0. The van der Waals surface area contributed by atoms with Crippen molar-refractivity contribution in [2.24, 2.45) is 0 Å². The van der Waals surface area contributed by atoms with Crippen LogP contribution in [0.1, 0.15) is 23.0 Å². The van der Waals surface area contributed by atoms with E-state index in [0.717, 1.165) is 0 Å². The smallest absolute Gasteiger partial charge is 0.339 e. The highest BCUT2D eigenvalue weighted by atomic mass is 16.6. The monoisotopic (exact) mass is 409 g/mol. The highest BCUT2D eigenvalue weighted by Crippen LogP contribution is 2.29. The number of carbonyl (C=O) groups is 2. The lowest BCUT2D eigenvalue weighted by Crippen LogP contribution is -2.30. The molecular formula is C21H19N3O6. The van der Waals surface area contributed by atoms with Crippen molar-refractivity contribution in [1.29, 1.82) is 0 Å². The maximum atomic E-state index is 12.7. The van der Waals surface area contributed by atoms with Gasteiger partial charge in [-0.3, -0.25) is 19.9 Å². The fourth-order valence-corrected chi connectivity index (χ4v) is 2.90. The number of rotatable bonds is 6. The van der Waals surface area contributed by atoms with E-state index >= 15 is 0 Å². The number of nitro groups is 1. The molecule has 2 aromatic carbocycles. The topological polar surface area (TPSA) is 121 Å². The number of hydrogen-bond donors (Lipinski definition) is 1. The number of non-ortho nitro benzene ring substituents is 1. The first-order valence-corrected chi connectivity index (χ1v) is 9.01. The van der Waals surface area contributed by atoms with E-state index in [1.807, 2.05) is 6.07 Å². The van der Waals surface area contributed by atoms with E-state index in [2.05, 4.69) is 10.3 Å². The van der Waals surface area contributed by atoms with E-state index in [-0.39, 0.29) is 17.1 Å². The fraction of sp³-hybridized carbons (Fsp3) is 0.190. The Labute approximate surface area is 171 Å². The molecule has 30 heavy (non-hydrogen) atoms. The Morgan fingerprint density at radius 3 is 2.60 bits per heavy atom. The van der Waals surface area contributed by atoms with Crippen molar-refractivity contribution < 1.29 is 24.0 Å². The molecule has 1 heterocycles. The largest absolute Gasteiger partial charge is 0.495 e. The number of aryl methyl sites for hydroxylation is 1. The van der Waals surface area contributed by atoms with Gasteiger partial charge in [-0.05, 0) is 32.0 Å². The molecule has 1 N–H and O–H groups in total. The molecule has 0 saturated carbocycles. The number of methoxy groups -OCH3 is 1. The number of hydrogen-bond acceptors (Lipinski definition) is 7. The summed E-state index contributed by atoms with van der Waals surface area (Å²) in [5.74, 6) is -1.09. The number of nitrogens with zero attached hydrogens (tertiary/aromatic N) is 2. The van der Waals surface area contributed by atoms with Crippen LogP contribution in [0.15, 0.2) is 48.5 Å². The van der Waals surface area contributed by atoms with Gasteiger partial charge in [0.2, 0.25) is 0 Å². The molecule has 0 spiro atoms. The van der Waals surface area contributed by atoms with Crippen LogP contribution in [0.3, 0.4) is 0 Å². The number of carbonyl (C=O) groups excluding carboxylic acids is 2. The van der Waals surface area contributed by atoms with Crippen molar-refractivity contribution in [2.75, 3.05) is 12.4 Å². The van der Waals surface area contributed by atoms with Crippen LogP contribution in [-0.2, 0) is 9.53 Å². The van der Waals surface area contributed by atoms with Crippen LogP contribution in [-0.4, -0.2) is 35.0 Å². The number of anilines is 1. The van der Waals surface area contributed by atoms with Crippen LogP contribution in [0, 0.1) is 17.0 Å². The van der Waals surface area contributed by atoms with E-state index in [9.17, 15) is 19.7 Å². The minimum atomic E-state index is -1.16. The van der Waals surface area contributed by atoms with Gasteiger partial charge in [0.05, 0.1) is 28.8 Å². The maximum Gasteiger partial charge on any atom is 0.339 e. The van der Waals surface area contributed by atoms with E-state index in [0.29, 0.717) is 22.2 Å². The predicted octanol–water partition coefficient (Wildman–Crippen LogP) is 3.64. The molecule has 0 aliphatic rings. The summed E-state index contributed by atoms with van der Waals surface area (Å²) in [6, 6.07) is 12.5. The molecule has 0 fully saturated rings. The molecule has 9 nitrogen and oxygen atoms in total. The Bertz CT molecular complexity index is 1140. The molecular weight excluding hydrogens is 390 g/mol. The minimum absolute atomic E-state index is 0.102. The first-order chi connectivity index (χ1) is 14.3. The van der Waals surface area contributed by atoms with Gasteiger partial charge in [0.1, 0.15) is 5.75 Å². The minimum Gasteiger partial charge on any atom is -0.495 e. The van der Waals surface area contributed by atoms with Crippen molar-refractivity contribution in [1.82, 2.24) is 4.98 Å². The zero-order valence-electron chi connectivity index (χ0n) is 16.5. The van der Waals surface area contributed by atoms with Gasteiger partial charge in [0.25, 0.3) is 11.6 Å². The molecule has 1 atom stereocenters. The zero-order chi connectivity index (χ0) is 21.8. The summed E-state index contributed by atoms with van der Waals surface area (Å²) in [5.41, 5.74) is 1.46. The number of benzene rings is 2. The zero-order valence-corrected chi connectivity index (χ0v) is 16.5. The maximum absolute atomic E-state index is 12.7. The Kier molecular flexibility index (Phi) is 5.91. The third kappa shape index (κ3) is 4.35. The predicted molar refractivity (Wildman–Crippen MR) is 110 cm³/mol. The molecule has 0 aliphatic carbocycles. The van der Waals surface area contributed by atoms with Crippen LogP contribution in [0.4, 0.5) is 11.4 Å². The van der Waals surface area contributed by atoms with E-state index in [4.69, 9.17) is 9.47 Å². The lowest BCUT2D eigenvalue weighted by atomic mass is 10.1. The average molecular weight is 409 g/mol. The Morgan fingerprint density at radius 2 is 1.90 bits per heavy atom. The summed E-state index contributed by atoms with van der Waals surface area (Å²) < 4.78 is 10.5. The highest BCUT2D eigenvalue weighted by Gasteiger charge is 2.23. The Morgan fingerprint density at radius 1 is 1.17 bits per heavy atom. The quantitative estimate of drug-likeness (QED) is 0.375. The second kappa shape index (κ2) is 8.56. The van der Waals surface area contributed by atoms with Gasteiger partial charge in [-0.25, -0.2) is 4.79 Å². The average Bonchev–Trinajstić information content (AvgIpc) is 2.72. The van der Waals surface area contributed by atoms with Crippen molar-refractivity contribution in [2.45, 2.75) is 20.0 Å². The summed E-state index contributed by atoms with van der Waals surface area (Å²) >= 11 is 0. The molecule has 0 aliphatic heterocycles. The molecule has 0 saturated heterocycles. The first kappa shape index (κ1) is 20.7. The number of nitro benzene ring substituents is 1. The summed E-state index contributed by atoms with van der Waals surface area (Å²) in [7, 11) is 1.37. The number of nitrogens with one attached hydrogen (secondary N) is 1. The number of amides is 1. The van der Waals surface area contributed by atoms with E-state index in [1.54, 1.807) is 31.2 Å². The van der Waals surface area contributed by atoms with E-state index in [1.165, 1.54) is 32.2 Å². The third-order valence-electron chi connectivity index (χ3n) is 4.37. The fourth-order valence-electron chi connectivity index (χ4n) is 2.90. The van der Waals surface area contributed by atoms with Gasteiger partial charge < -0.3 is 14.8 Å². The normalized spacial score (nSPS) is 11.6. The van der Waals surface area contributed by atoms with Crippen molar-refractivity contribution in [3.63, 3.8) is 0 Å². The SMILES string of the molecule is COc1ccc([N+](=O)[O-])cc1NC(=O)[C@@H](C)OC(=O)c1cc(C)nc2ccccc12. The van der Waals surface area contributed by atoms with Gasteiger partial charge in [0.15, 0.2) is 6.10 Å². The summed E-state index contributed by atoms with van der Waals surface area (Å²) in [6.07, 6.45) is -1.16. The van der Waals surface area contributed by atoms with Crippen LogP contribution < -0.4 is 10.1 Å². The molecule has 1 aromatic heterocycles. The highest BCUT2D eigenvalue weighted by molar-refractivity contribution is 6.05. The molecule has 3 aromatic rings. The van der Waals surface area contributed by atoms with Crippen LogP contribution in [0.25, 0.3) is 10.9 Å². The lowest BCUT2D eigenvalue weighted by molar-refractivity contribution is -0.384. The van der Waals surface area contributed by atoms with Crippen LogP contribution >= 0.6 is 0 Å². The van der Waals surface area contributed by atoms with Crippen molar-refractivity contribution in [3.8, 4) is 5.75 Å². The van der Waals surface area contributed by atoms with Gasteiger partial charge in [0, 0.05) is 23.2 Å². The third-order valence-corrected chi connectivity index (χ3v) is 4.37. The Balaban J connectivity index is 1.79. The molecule has 0 unspecified atom stereocenters. The Hall–Kier alpha value is -4.01. The summed E-state index contributed by atoms with van der Waals surface area (Å²) in [5, 5.41) is 14.1. The number of fused-ring (bicyclic) bond motifs is 1.